The Labute approximate surface area is 135 Å². The van der Waals surface area contributed by atoms with E-state index in [4.69, 9.17) is 4.52 Å². The predicted molar refractivity (Wildman–Crippen MR) is 86.4 cm³/mol. The van der Waals surface area contributed by atoms with Crippen molar-refractivity contribution in [1.29, 1.82) is 0 Å². The topological polar surface area (TPSA) is 79.5 Å². The number of aliphatic hydroxyl groups is 1. The highest BCUT2D eigenvalue weighted by molar-refractivity contribution is 6.06. The molecule has 0 aliphatic heterocycles. The van der Waals surface area contributed by atoms with Gasteiger partial charge in [-0.15, -0.1) is 0 Å². The van der Waals surface area contributed by atoms with Crippen LogP contribution >= 0.6 is 0 Å². The molecule has 1 aliphatic rings. The number of carbonyl (C=O) groups is 1. The first-order valence-corrected chi connectivity index (χ1v) is 8.08. The van der Waals surface area contributed by atoms with E-state index < -0.39 is 5.60 Å². The summed E-state index contributed by atoms with van der Waals surface area (Å²) in [5.41, 5.74) is 1.62. The molecule has 1 fully saturated rings. The Bertz CT molecular complexity index is 741. The molecule has 1 amide bonds. The summed E-state index contributed by atoms with van der Waals surface area (Å²) in [6, 6.07) is 1.87. The molecule has 1 N–H and O–H groups in total. The molecule has 0 atom stereocenters. The van der Waals surface area contributed by atoms with Crippen LogP contribution in [0.5, 0.6) is 0 Å². The number of aromatic nitrogens is 2. The second-order valence-electron chi connectivity index (χ2n) is 6.95. The Morgan fingerprint density at radius 1 is 1.48 bits per heavy atom. The average molecular weight is 317 g/mol. The Hall–Kier alpha value is -1.95. The highest BCUT2D eigenvalue weighted by Gasteiger charge is 2.30. The van der Waals surface area contributed by atoms with Crippen molar-refractivity contribution in [2.75, 3.05) is 13.1 Å². The Kier molecular flexibility index (Phi) is 3.88. The monoisotopic (exact) mass is 317 g/mol. The maximum Gasteiger partial charge on any atom is 0.259 e. The molecule has 23 heavy (non-hydrogen) atoms. The van der Waals surface area contributed by atoms with Crippen LogP contribution in [0, 0.1) is 6.92 Å². The van der Waals surface area contributed by atoms with Crippen LogP contribution in [-0.4, -0.2) is 44.7 Å². The van der Waals surface area contributed by atoms with Crippen molar-refractivity contribution in [3.63, 3.8) is 0 Å². The number of nitrogens with zero attached hydrogens (tertiary/aromatic N) is 3. The summed E-state index contributed by atoms with van der Waals surface area (Å²) >= 11 is 0. The van der Waals surface area contributed by atoms with E-state index in [2.05, 4.69) is 10.1 Å². The lowest BCUT2D eigenvalue weighted by Crippen LogP contribution is -2.42. The van der Waals surface area contributed by atoms with E-state index in [0.29, 0.717) is 34.8 Å². The van der Waals surface area contributed by atoms with Crippen molar-refractivity contribution >= 4 is 17.0 Å². The molecule has 0 unspecified atom stereocenters. The van der Waals surface area contributed by atoms with Gasteiger partial charge in [0, 0.05) is 24.7 Å². The molecule has 2 aromatic rings. The maximum absolute atomic E-state index is 13.0. The molecule has 0 aromatic carbocycles. The van der Waals surface area contributed by atoms with Gasteiger partial charge in [-0.1, -0.05) is 5.16 Å². The number of aryl methyl sites for hydroxylation is 1. The molecular weight excluding hydrogens is 294 g/mol. The summed E-state index contributed by atoms with van der Waals surface area (Å²) in [6.07, 6.45) is 2.20. The van der Waals surface area contributed by atoms with Gasteiger partial charge in [-0.2, -0.15) is 0 Å². The lowest BCUT2D eigenvalue weighted by atomic mass is 10.0. The fourth-order valence-electron chi connectivity index (χ4n) is 2.84. The number of carbonyl (C=O) groups excluding carboxylic acids is 1. The molecular formula is C17H23N3O3. The van der Waals surface area contributed by atoms with Crippen LogP contribution in [0.15, 0.2) is 10.6 Å². The molecule has 124 valence electrons. The molecule has 0 bridgehead atoms. The van der Waals surface area contributed by atoms with Gasteiger partial charge in [0.15, 0.2) is 0 Å². The minimum Gasteiger partial charge on any atom is -0.389 e. The van der Waals surface area contributed by atoms with E-state index in [9.17, 15) is 9.90 Å². The standard InChI is InChI=1S/C17H23N3O3/c1-5-20(9-17(3,4)22)16(21)12-8-13(11-6-7-11)18-15-14(12)10(2)19-23-15/h8,11,22H,5-7,9H2,1-4H3. The van der Waals surface area contributed by atoms with Crippen molar-refractivity contribution < 1.29 is 14.4 Å². The number of rotatable bonds is 5. The zero-order valence-corrected chi connectivity index (χ0v) is 14.1. The molecule has 1 aliphatic carbocycles. The van der Waals surface area contributed by atoms with E-state index in [0.717, 1.165) is 18.5 Å². The zero-order chi connectivity index (χ0) is 16.8. The molecule has 2 aromatic heterocycles. The van der Waals surface area contributed by atoms with Crippen LogP contribution in [0.1, 0.15) is 61.3 Å². The average Bonchev–Trinajstić information content (AvgIpc) is 3.27. The first-order valence-electron chi connectivity index (χ1n) is 8.08. The third-order valence-corrected chi connectivity index (χ3v) is 4.11. The smallest absolute Gasteiger partial charge is 0.259 e. The number of amides is 1. The summed E-state index contributed by atoms with van der Waals surface area (Å²) in [5.74, 6) is 0.302. The number of hydrogen-bond donors (Lipinski definition) is 1. The van der Waals surface area contributed by atoms with E-state index in [1.165, 1.54) is 0 Å². The van der Waals surface area contributed by atoms with Crippen molar-refractivity contribution in [2.24, 2.45) is 0 Å². The second-order valence-corrected chi connectivity index (χ2v) is 6.95. The van der Waals surface area contributed by atoms with E-state index >= 15 is 0 Å². The Morgan fingerprint density at radius 2 is 2.17 bits per heavy atom. The lowest BCUT2D eigenvalue weighted by molar-refractivity contribution is 0.0315. The van der Waals surface area contributed by atoms with E-state index in [1.54, 1.807) is 18.7 Å². The highest BCUT2D eigenvalue weighted by atomic mass is 16.5. The van der Waals surface area contributed by atoms with Crippen LogP contribution < -0.4 is 0 Å². The van der Waals surface area contributed by atoms with Crippen LogP contribution in [0.25, 0.3) is 11.1 Å². The third-order valence-electron chi connectivity index (χ3n) is 4.11. The van der Waals surface area contributed by atoms with Gasteiger partial charge in [-0.3, -0.25) is 4.79 Å². The van der Waals surface area contributed by atoms with Crippen LogP contribution in [-0.2, 0) is 0 Å². The minimum atomic E-state index is -0.944. The minimum absolute atomic E-state index is 0.116. The lowest BCUT2D eigenvalue weighted by Gasteiger charge is -2.28. The Morgan fingerprint density at radius 3 is 2.74 bits per heavy atom. The zero-order valence-electron chi connectivity index (χ0n) is 14.1. The fourth-order valence-corrected chi connectivity index (χ4v) is 2.84. The van der Waals surface area contributed by atoms with E-state index in [-0.39, 0.29) is 12.5 Å². The van der Waals surface area contributed by atoms with Crippen LogP contribution in [0.4, 0.5) is 0 Å². The van der Waals surface area contributed by atoms with Gasteiger partial charge in [0.1, 0.15) is 0 Å². The Balaban J connectivity index is 2.05. The summed E-state index contributed by atoms with van der Waals surface area (Å²) in [6.45, 7) is 7.92. The van der Waals surface area contributed by atoms with E-state index in [1.807, 2.05) is 19.9 Å². The second kappa shape index (κ2) is 5.60. The highest BCUT2D eigenvalue weighted by Crippen LogP contribution is 2.40. The van der Waals surface area contributed by atoms with Crippen LogP contribution in [0.3, 0.4) is 0 Å². The predicted octanol–water partition coefficient (Wildman–Crippen LogP) is 2.64. The first-order chi connectivity index (χ1) is 10.8. The van der Waals surface area contributed by atoms with Gasteiger partial charge in [0.2, 0.25) is 0 Å². The number of pyridine rings is 1. The van der Waals surface area contributed by atoms with Crippen molar-refractivity contribution in [3.05, 3.63) is 23.0 Å². The van der Waals surface area contributed by atoms with Gasteiger partial charge in [-0.05, 0) is 46.6 Å². The summed E-state index contributed by atoms with van der Waals surface area (Å²) in [5, 5.41) is 14.7. The molecule has 0 radical (unpaired) electrons. The summed E-state index contributed by atoms with van der Waals surface area (Å²) < 4.78 is 5.29. The van der Waals surface area contributed by atoms with Crippen molar-refractivity contribution in [1.82, 2.24) is 15.0 Å². The molecule has 0 saturated heterocycles. The number of likely N-dealkylation sites (N-methyl/N-ethyl adjacent to an activating group) is 1. The molecule has 6 heteroatoms. The molecule has 3 rings (SSSR count). The molecule has 0 spiro atoms. The summed E-state index contributed by atoms with van der Waals surface area (Å²) in [7, 11) is 0. The van der Waals surface area contributed by atoms with Gasteiger partial charge in [0.05, 0.1) is 22.2 Å². The number of fused-ring (bicyclic) bond motifs is 1. The number of hydrogen-bond acceptors (Lipinski definition) is 5. The normalized spacial score (nSPS) is 15.2. The van der Waals surface area contributed by atoms with Crippen molar-refractivity contribution in [2.45, 2.75) is 52.1 Å². The van der Waals surface area contributed by atoms with Crippen LogP contribution in [0.2, 0.25) is 0 Å². The van der Waals surface area contributed by atoms with Gasteiger partial charge < -0.3 is 14.5 Å². The summed E-state index contributed by atoms with van der Waals surface area (Å²) in [4.78, 5) is 19.2. The quantitative estimate of drug-likeness (QED) is 0.917. The largest absolute Gasteiger partial charge is 0.389 e. The van der Waals surface area contributed by atoms with Gasteiger partial charge >= 0.3 is 0 Å². The first kappa shape index (κ1) is 15.9. The maximum atomic E-state index is 13.0. The molecule has 1 saturated carbocycles. The van der Waals surface area contributed by atoms with Crippen molar-refractivity contribution in [3.8, 4) is 0 Å². The SMILES string of the molecule is CCN(CC(C)(C)O)C(=O)c1cc(C2CC2)nc2onc(C)c12. The molecule has 2 heterocycles. The van der Waals surface area contributed by atoms with Gasteiger partial charge in [-0.25, -0.2) is 4.98 Å². The fraction of sp³-hybridized carbons (Fsp3) is 0.588. The van der Waals surface area contributed by atoms with Gasteiger partial charge in [0.25, 0.3) is 11.6 Å². The molecule has 6 nitrogen and oxygen atoms in total. The third kappa shape index (κ3) is 3.22.